The van der Waals surface area contributed by atoms with Crippen molar-refractivity contribution >= 4 is 21.8 Å². The maximum atomic E-state index is 12.6. The van der Waals surface area contributed by atoms with Crippen LogP contribution in [0, 0.1) is 0 Å². The number of nitrogens with one attached hydrogen (secondary N) is 2. The van der Waals surface area contributed by atoms with Gasteiger partial charge in [-0.2, -0.15) is 0 Å². The van der Waals surface area contributed by atoms with E-state index in [9.17, 15) is 4.79 Å². The van der Waals surface area contributed by atoms with Crippen molar-refractivity contribution in [1.82, 2.24) is 14.9 Å². The van der Waals surface area contributed by atoms with Crippen molar-refractivity contribution in [3.63, 3.8) is 0 Å². The van der Waals surface area contributed by atoms with Crippen molar-refractivity contribution < 1.29 is 9.47 Å². The number of hydrogen-bond acceptors (Lipinski definition) is 4. The average Bonchev–Trinajstić information content (AvgIpc) is 3.40. The minimum Gasteiger partial charge on any atom is -0.492 e. The molecule has 4 aromatic rings. The molecule has 6 heteroatoms. The molecule has 0 aliphatic carbocycles. The Kier molecular flexibility index (Phi) is 5.26. The fourth-order valence-corrected chi connectivity index (χ4v) is 4.55. The molecule has 0 spiro atoms. The molecule has 2 aromatic carbocycles. The van der Waals surface area contributed by atoms with Gasteiger partial charge in [-0.3, -0.25) is 9.69 Å². The number of aromatic nitrogens is 2. The number of H-pyrrole nitrogens is 2. The third-order valence-corrected chi connectivity index (χ3v) is 6.31. The summed E-state index contributed by atoms with van der Waals surface area (Å²) in [7, 11) is 1.78. The number of likely N-dealkylation sites (N-methyl/N-ethyl adjacent to an activating group) is 1. The van der Waals surface area contributed by atoms with Gasteiger partial charge < -0.3 is 19.4 Å². The lowest BCUT2D eigenvalue weighted by Crippen LogP contribution is -2.34. The Labute approximate surface area is 180 Å². The van der Waals surface area contributed by atoms with Gasteiger partial charge in [-0.15, -0.1) is 0 Å². The lowest BCUT2D eigenvalue weighted by molar-refractivity contribution is 0.109. The van der Waals surface area contributed by atoms with Gasteiger partial charge in [0.2, 0.25) is 0 Å². The van der Waals surface area contributed by atoms with Crippen LogP contribution in [0.2, 0.25) is 0 Å². The van der Waals surface area contributed by atoms with Crippen LogP contribution in [0.25, 0.3) is 33.1 Å². The highest BCUT2D eigenvalue weighted by Gasteiger charge is 2.31. The van der Waals surface area contributed by atoms with Crippen LogP contribution in [0.5, 0.6) is 5.75 Å². The van der Waals surface area contributed by atoms with Crippen LogP contribution in [0.4, 0.5) is 0 Å². The largest absolute Gasteiger partial charge is 0.492 e. The monoisotopic (exact) mass is 417 g/mol. The number of hydrogen-bond donors (Lipinski definition) is 2. The van der Waals surface area contributed by atoms with Crippen molar-refractivity contribution in [2.24, 2.45) is 0 Å². The summed E-state index contributed by atoms with van der Waals surface area (Å²) in [6.45, 7) is 4.77. The molecule has 31 heavy (non-hydrogen) atoms. The topological polar surface area (TPSA) is 70.3 Å². The smallest absolute Gasteiger partial charge is 0.257 e. The van der Waals surface area contributed by atoms with E-state index in [0.29, 0.717) is 18.2 Å². The number of para-hydroxylation sites is 1. The zero-order chi connectivity index (χ0) is 21.4. The van der Waals surface area contributed by atoms with E-state index in [1.807, 2.05) is 54.6 Å². The summed E-state index contributed by atoms with van der Waals surface area (Å²) in [5.74, 6) is 0.836. The number of nitrogens with zero attached hydrogens (tertiary/aromatic N) is 1. The van der Waals surface area contributed by atoms with Gasteiger partial charge in [0.1, 0.15) is 12.4 Å². The molecule has 3 heterocycles. The van der Waals surface area contributed by atoms with Crippen LogP contribution < -0.4 is 10.3 Å². The minimum absolute atomic E-state index is 0.102. The van der Waals surface area contributed by atoms with Crippen molar-refractivity contribution in [1.29, 1.82) is 0 Å². The molecule has 2 atom stereocenters. The number of fused-ring (bicyclic) bond motifs is 2. The molecular formula is C25H27N3O3. The predicted octanol–water partition coefficient (Wildman–Crippen LogP) is 4.16. The second kappa shape index (κ2) is 8.21. The SMILES string of the molecule is CCN1C[C@H](OC)C[C@@H]1COc1ccc2[nH]c(-c3cc4ccccc4[nH]c3=O)cc2c1. The van der Waals surface area contributed by atoms with E-state index >= 15 is 0 Å². The quantitative estimate of drug-likeness (QED) is 0.494. The number of benzene rings is 2. The Hall–Kier alpha value is -3.09. The average molecular weight is 418 g/mol. The predicted molar refractivity (Wildman–Crippen MR) is 124 cm³/mol. The van der Waals surface area contributed by atoms with Crippen LogP contribution in [0.15, 0.2) is 59.4 Å². The van der Waals surface area contributed by atoms with E-state index in [-0.39, 0.29) is 11.7 Å². The fourth-order valence-electron chi connectivity index (χ4n) is 4.55. The Morgan fingerprint density at radius 1 is 1.03 bits per heavy atom. The normalized spacial score (nSPS) is 19.4. The molecule has 1 fully saturated rings. The van der Waals surface area contributed by atoms with Crippen LogP contribution >= 0.6 is 0 Å². The van der Waals surface area contributed by atoms with Crippen LogP contribution in [0.3, 0.4) is 0 Å². The number of ether oxygens (including phenoxy) is 2. The minimum atomic E-state index is -0.102. The molecule has 0 amide bonds. The van der Waals surface area contributed by atoms with E-state index in [4.69, 9.17) is 9.47 Å². The van der Waals surface area contributed by atoms with Gasteiger partial charge in [-0.1, -0.05) is 25.1 Å². The molecule has 5 rings (SSSR count). The van der Waals surface area contributed by atoms with E-state index in [2.05, 4.69) is 21.8 Å². The van der Waals surface area contributed by atoms with Gasteiger partial charge in [0, 0.05) is 36.1 Å². The number of methoxy groups -OCH3 is 1. The summed E-state index contributed by atoms with van der Waals surface area (Å²) < 4.78 is 11.7. The standard InChI is InChI=1S/C25H27N3O3/c1-3-28-14-20(30-2)13-18(28)15-31-19-8-9-23-17(10-19)12-24(26-23)21-11-16-6-4-5-7-22(16)27-25(21)29/h4-12,18,20,26H,3,13-15H2,1-2H3,(H,27,29)/t18-,20-/m1/s1. The lowest BCUT2D eigenvalue weighted by atomic mass is 10.1. The van der Waals surface area contributed by atoms with Gasteiger partial charge in [0.05, 0.1) is 17.4 Å². The molecule has 2 N–H and O–H groups in total. The Morgan fingerprint density at radius 2 is 1.87 bits per heavy atom. The van der Waals surface area contributed by atoms with Gasteiger partial charge in [-0.25, -0.2) is 0 Å². The summed E-state index contributed by atoms with van der Waals surface area (Å²) >= 11 is 0. The maximum absolute atomic E-state index is 12.6. The van der Waals surface area contributed by atoms with E-state index in [1.54, 1.807) is 7.11 Å². The molecule has 0 radical (unpaired) electrons. The maximum Gasteiger partial charge on any atom is 0.257 e. The Morgan fingerprint density at radius 3 is 2.71 bits per heavy atom. The molecule has 1 aliphatic rings. The number of likely N-dealkylation sites (tertiary alicyclic amines) is 1. The van der Waals surface area contributed by atoms with Crippen LogP contribution in [0.1, 0.15) is 13.3 Å². The Bertz CT molecular complexity index is 1280. The molecule has 0 bridgehead atoms. The second-order valence-corrected chi connectivity index (χ2v) is 8.18. The summed E-state index contributed by atoms with van der Waals surface area (Å²) in [4.78, 5) is 21.4. The molecule has 6 nitrogen and oxygen atoms in total. The highest BCUT2D eigenvalue weighted by molar-refractivity contribution is 5.89. The summed E-state index contributed by atoms with van der Waals surface area (Å²) in [6, 6.07) is 18.1. The first-order valence-corrected chi connectivity index (χ1v) is 10.8. The van der Waals surface area contributed by atoms with Crippen molar-refractivity contribution in [3.05, 3.63) is 65.0 Å². The summed E-state index contributed by atoms with van der Waals surface area (Å²) in [5.41, 5.74) is 3.15. The fraction of sp³-hybridized carbons (Fsp3) is 0.320. The summed E-state index contributed by atoms with van der Waals surface area (Å²) in [5, 5.41) is 2.03. The molecule has 0 unspecified atom stereocenters. The molecule has 160 valence electrons. The van der Waals surface area contributed by atoms with Gasteiger partial charge in [-0.05, 0) is 54.8 Å². The van der Waals surface area contributed by atoms with Crippen molar-refractivity contribution in [3.8, 4) is 17.0 Å². The first-order chi connectivity index (χ1) is 15.1. The summed E-state index contributed by atoms with van der Waals surface area (Å²) in [6.07, 6.45) is 1.27. The number of rotatable bonds is 6. The molecule has 1 aliphatic heterocycles. The van der Waals surface area contributed by atoms with Crippen LogP contribution in [-0.2, 0) is 4.74 Å². The van der Waals surface area contributed by atoms with Crippen molar-refractivity contribution in [2.45, 2.75) is 25.5 Å². The van der Waals surface area contributed by atoms with E-state index in [0.717, 1.165) is 52.8 Å². The number of aromatic amines is 2. The molecule has 1 saturated heterocycles. The lowest BCUT2D eigenvalue weighted by Gasteiger charge is -2.22. The highest BCUT2D eigenvalue weighted by atomic mass is 16.5. The molecule has 2 aromatic heterocycles. The number of pyridine rings is 1. The Balaban J connectivity index is 1.38. The molecular weight excluding hydrogens is 390 g/mol. The zero-order valence-corrected chi connectivity index (χ0v) is 17.9. The van der Waals surface area contributed by atoms with Crippen molar-refractivity contribution in [2.75, 3.05) is 26.8 Å². The molecule has 0 saturated carbocycles. The van der Waals surface area contributed by atoms with E-state index in [1.165, 1.54) is 0 Å². The van der Waals surface area contributed by atoms with Gasteiger partial charge in [0.25, 0.3) is 5.56 Å². The van der Waals surface area contributed by atoms with Gasteiger partial charge >= 0.3 is 0 Å². The zero-order valence-electron chi connectivity index (χ0n) is 17.9. The second-order valence-electron chi connectivity index (χ2n) is 8.18. The van der Waals surface area contributed by atoms with Crippen LogP contribution in [-0.4, -0.2) is 53.8 Å². The third kappa shape index (κ3) is 3.84. The van der Waals surface area contributed by atoms with E-state index < -0.39 is 0 Å². The highest BCUT2D eigenvalue weighted by Crippen LogP contribution is 2.28. The van der Waals surface area contributed by atoms with Gasteiger partial charge in [0.15, 0.2) is 0 Å². The first kappa shape index (κ1) is 19.8. The third-order valence-electron chi connectivity index (χ3n) is 6.31. The first-order valence-electron chi connectivity index (χ1n) is 10.8.